The predicted molar refractivity (Wildman–Crippen MR) is 81.1 cm³/mol. The highest BCUT2D eigenvalue weighted by Crippen LogP contribution is 2.32. The lowest BCUT2D eigenvalue weighted by atomic mass is 10.1. The lowest BCUT2D eigenvalue weighted by molar-refractivity contribution is 0.643. The number of aliphatic imine (C=N–C) groups is 1. The molecule has 19 heavy (non-hydrogen) atoms. The van der Waals surface area contributed by atoms with Crippen molar-refractivity contribution in [2.75, 3.05) is 14.1 Å². The molecule has 0 amide bonds. The maximum absolute atomic E-state index is 4.68. The van der Waals surface area contributed by atoms with E-state index in [-0.39, 0.29) is 0 Å². The van der Waals surface area contributed by atoms with E-state index in [0.717, 1.165) is 27.5 Å². The molecule has 0 atom stereocenters. The molecule has 2 aromatic carbocycles. The summed E-state index contributed by atoms with van der Waals surface area (Å²) in [6.07, 6.45) is 1.83. The van der Waals surface area contributed by atoms with Gasteiger partial charge in [0.2, 0.25) is 0 Å². The molecule has 0 radical (unpaired) electrons. The lowest BCUT2D eigenvalue weighted by Gasteiger charge is -2.08. The summed E-state index contributed by atoms with van der Waals surface area (Å²) < 4.78 is 0. The van der Waals surface area contributed by atoms with Crippen LogP contribution in [0.1, 0.15) is 0 Å². The van der Waals surface area contributed by atoms with Crippen molar-refractivity contribution in [2.45, 2.75) is 0 Å². The summed E-state index contributed by atoms with van der Waals surface area (Å²) in [6.45, 7) is 0. The summed E-state index contributed by atoms with van der Waals surface area (Å²) in [6, 6.07) is 16.2. The fourth-order valence-electron chi connectivity index (χ4n) is 2.13. The molecule has 3 nitrogen and oxygen atoms in total. The molecule has 0 saturated carbocycles. The molecule has 94 valence electrons. The fourth-order valence-corrected chi connectivity index (χ4v) is 2.13. The van der Waals surface area contributed by atoms with Crippen LogP contribution in [0.15, 0.2) is 53.5 Å². The van der Waals surface area contributed by atoms with Crippen LogP contribution in [-0.4, -0.2) is 30.3 Å². The number of hydrogen-bond donors (Lipinski definition) is 0. The average molecular weight is 249 g/mol. The zero-order valence-electron chi connectivity index (χ0n) is 11.0. The van der Waals surface area contributed by atoms with Crippen LogP contribution < -0.4 is 0 Å². The number of fused-ring (bicyclic) bond motifs is 2. The van der Waals surface area contributed by atoms with Crippen molar-refractivity contribution in [3.05, 3.63) is 48.5 Å². The summed E-state index contributed by atoms with van der Waals surface area (Å²) in [5.74, 6) is 0. The Labute approximate surface area is 112 Å². The largest absolute Gasteiger partial charge is 0.369 e. The molecule has 0 aliphatic carbocycles. The first-order chi connectivity index (χ1) is 9.25. The van der Waals surface area contributed by atoms with Crippen molar-refractivity contribution < 1.29 is 0 Å². The summed E-state index contributed by atoms with van der Waals surface area (Å²) in [7, 11) is 3.93. The van der Waals surface area contributed by atoms with Crippen LogP contribution in [0.4, 0.5) is 5.69 Å². The van der Waals surface area contributed by atoms with E-state index >= 15 is 0 Å². The molecule has 3 heteroatoms. The van der Waals surface area contributed by atoms with Gasteiger partial charge in [-0.15, -0.1) is 0 Å². The topological polar surface area (TPSA) is 28.5 Å². The summed E-state index contributed by atoms with van der Waals surface area (Å²) in [4.78, 5) is 11.2. The number of pyridine rings is 1. The first kappa shape index (κ1) is 11.7. The van der Waals surface area contributed by atoms with Crippen LogP contribution >= 0.6 is 0 Å². The van der Waals surface area contributed by atoms with E-state index in [9.17, 15) is 0 Å². The standard InChI is InChI=1S/C16H15N3/c1-19(2)11-17-16-12-7-3-5-9-14(12)18-15-10-6-4-8-13(15)16/h3-11H,1-2H3. The zero-order valence-corrected chi connectivity index (χ0v) is 11.0. The van der Waals surface area contributed by atoms with Gasteiger partial charge in [0.15, 0.2) is 0 Å². The Morgan fingerprint density at radius 1 is 0.895 bits per heavy atom. The number of benzene rings is 2. The van der Waals surface area contributed by atoms with E-state index in [1.54, 1.807) is 0 Å². The summed E-state index contributed by atoms with van der Waals surface area (Å²) in [5.41, 5.74) is 2.94. The van der Waals surface area contributed by atoms with Crippen molar-refractivity contribution in [1.29, 1.82) is 0 Å². The van der Waals surface area contributed by atoms with Crippen molar-refractivity contribution in [1.82, 2.24) is 9.88 Å². The number of para-hydroxylation sites is 2. The molecule has 0 N–H and O–H groups in total. The van der Waals surface area contributed by atoms with Gasteiger partial charge in [0.1, 0.15) is 0 Å². The van der Waals surface area contributed by atoms with E-state index in [1.807, 2.05) is 61.7 Å². The lowest BCUT2D eigenvalue weighted by Crippen LogP contribution is -2.07. The van der Waals surface area contributed by atoms with Gasteiger partial charge in [-0.25, -0.2) is 9.98 Å². The van der Waals surface area contributed by atoms with Gasteiger partial charge in [-0.1, -0.05) is 36.4 Å². The van der Waals surface area contributed by atoms with Crippen molar-refractivity contribution in [2.24, 2.45) is 4.99 Å². The molecule has 0 spiro atoms. The minimum atomic E-state index is 0.979. The molecule has 0 bridgehead atoms. The van der Waals surface area contributed by atoms with Gasteiger partial charge in [-0.05, 0) is 12.1 Å². The molecule has 0 aliphatic rings. The van der Waals surface area contributed by atoms with Gasteiger partial charge in [0.05, 0.1) is 23.1 Å². The maximum atomic E-state index is 4.68. The smallest absolute Gasteiger partial charge is 0.0907 e. The molecule has 0 unspecified atom stereocenters. The quantitative estimate of drug-likeness (QED) is 0.394. The predicted octanol–water partition coefficient (Wildman–Crippen LogP) is 3.61. The molecule has 3 rings (SSSR count). The number of rotatable bonds is 2. The molecule has 0 saturated heterocycles. The van der Waals surface area contributed by atoms with Crippen LogP contribution in [0, 0.1) is 0 Å². The molecular weight excluding hydrogens is 234 g/mol. The maximum Gasteiger partial charge on any atom is 0.0907 e. The SMILES string of the molecule is CN(C)C=Nc1c2ccccc2nc2ccccc12. The Morgan fingerprint density at radius 3 is 1.95 bits per heavy atom. The van der Waals surface area contributed by atoms with Crippen molar-refractivity contribution >= 4 is 33.8 Å². The Kier molecular flexibility index (Phi) is 2.88. The second kappa shape index (κ2) is 4.69. The minimum absolute atomic E-state index is 0.979. The van der Waals surface area contributed by atoms with E-state index in [4.69, 9.17) is 0 Å². The van der Waals surface area contributed by atoms with Crippen LogP contribution in [0.2, 0.25) is 0 Å². The highest BCUT2D eigenvalue weighted by Gasteiger charge is 2.06. The van der Waals surface area contributed by atoms with Gasteiger partial charge < -0.3 is 4.90 Å². The Morgan fingerprint density at radius 2 is 1.42 bits per heavy atom. The van der Waals surface area contributed by atoms with Gasteiger partial charge in [-0.2, -0.15) is 0 Å². The third-order valence-corrected chi connectivity index (χ3v) is 2.98. The average Bonchev–Trinajstić information content (AvgIpc) is 2.43. The van der Waals surface area contributed by atoms with Crippen LogP contribution in [0.3, 0.4) is 0 Å². The minimum Gasteiger partial charge on any atom is -0.369 e. The zero-order chi connectivity index (χ0) is 13.2. The van der Waals surface area contributed by atoms with Crippen molar-refractivity contribution in [3.63, 3.8) is 0 Å². The second-order valence-electron chi connectivity index (χ2n) is 4.70. The Hall–Kier alpha value is -2.42. The normalized spacial score (nSPS) is 11.5. The number of aromatic nitrogens is 1. The van der Waals surface area contributed by atoms with Gasteiger partial charge in [0.25, 0.3) is 0 Å². The molecule has 0 fully saturated rings. The van der Waals surface area contributed by atoms with Gasteiger partial charge in [0, 0.05) is 24.9 Å². The molecule has 1 heterocycles. The highest BCUT2D eigenvalue weighted by molar-refractivity contribution is 6.06. The van der Waals surface area contributed by atoms with E-state index in [0.29, 0.717) is 0 Å². The van der Waals surface area contributed by atoms with Crippen LogP contribution in [-0.2, 0) is 0 Å². The van der Waals surface area contributed by atoms with E-state index < -0.39 is 0 Å². The summed E-state index contributed by atoms with van der Waals surface area (Å²) in [5, 5.41) is 2.17. The summed E-state index contributed by atoms with van der Waals surface area (Å²) >= 11 is 0. The van der Waals surface area contributed by atoms with E-state index in [2.05, 4.69) is 22.1 Å². The highest BCUT2D eigenvalue weighted by atomic mass is 15.1. The fraction of sp³-hybridized carbons (Fsp3) is 0.125. The van der Waals surface area contributed by atoms with E-state index in [1.165, 1.54) is 0 Å². The van der Waals surface area contributed by atoms with Crippen LogP contribution in [0.5, 0.6) is 0 Å². The molecular formula is C16H15N3. The van der Waals surface area contributed by atoms with Crippen LogP contribution in [0.25, 0.3) is 21.8 Å². The first-order valence-electron chi connectivity index (χ1n) is 6.24. The Balaban J connectivity index is 2.39. The molecule has 3 aromatic rings. The first-order valence-corrected chi connectivity index (χ1v) is 6.24. The second-order valence-corrected chi connectivity index (χ2v) is 4.70. The van der Waals surface area contributed by atoms with Gasteiger partial charge >= 0.3 is 0 Å². The third-order valence-electron chi connectivity index (χ3n) is 2.98. The molecule has 0 aliphatic heterocycles. The monoisotopic (exact) mass is 249 g/mol. The number of hydrogen-bond acceptors (Lipinski definition) is 2. The Bertz CT molecular complexity index is 706. The molecule has 1 aromatic heterocycles. The van der Waals surface area contributed by atoms with Gasteiger partial charge in [-0.3, -0.25) is 0 Å². The van der Waals surface area contributed by atoms with Crippen molar-refractivity contribution in [3.8, 4) is 0 Å². The third kappa shape index (κ3) is 2.15. The number of nitrogens with zero attached hydrogens (tertiary/aromatic N) is 3.